The minimum absolute atomic E-state index is 0.0506. The minimum Gasteiger partial charge on any atom is -0.205 e. The van der Waals surface area contributed by atoms with Crippen LogP contribution in [0.25, 0.3) is 11.1 Å². The standard InChI is InChI=1S/C14H9ClFN/c1-9-5-6-10(8-17)12(7-9)11-3-2-4-13(16)14(11)15/h2-7H,1H3. The van der Waals surface area contributed by atoms with Crippen LogP contribution in [0.15, 0.2) is 36.4 Å². The van der Waals surface area contributed by atoms with Crippen LogP contribution in [0, 0.1) is 24.1 Å². The number of halogens is 2. The van der Waals surface area contributed by atoms with Crippen LogP contribution in [0.3, 0.4) is 0 Å². The first-order valence-electron chi connectivity index (χ1n) is 5.08. The van der Waals surface area contributed by atoms with Crippen LogP contribution in [0.2, 0.25) is 5.02 Å². The normalized spacial score (nSPS) is 10.0. The van der Waals surface area contributed by atoms with Crippen molar-refractivity contribution in [3.8, 4) is 17.2 Å². The molecule has 2 aromatic carbocycles. The summed E-state index contributed by atoms with van der Waals surface area (Å²) in [5.41, 5.74) is 2.70. The summed E-state index contributed by atoms with van der Waals surface area (Å²) in [5, 5.41) is 9.09. The van der Waals surface area contributed by atoms with E-state index in [2.05, 4.69) is 6.07 Å². The molecule has 0 amide bonds. The summed E-state index contributed by atoms with van der Waals surface area (Å²) in [6.45, 7) is 1.91. The predicted molar refractivity (Wildman–Crippen MR) is 66.3 cm³/mol. The molecule has 84 valence electrons. The van der Waals surface area contributed by atoms with Crippen LogP contribution in [-0.2, 0) is 0 Å². The zero-order chi connectivity index (χ0) is 12.4. The minimum atomic E-state index is -0.477. The topological polar surface area (TPSA) is 23.8 Å². The number of rotatable bonds is 1. The van der Waals surface area contributed by atoms with Gasteiger partial charge in [0.25, 0.3) is 0 Å². The van der Waals surface area contributed by atoms with Gasteiger partial charge in [-0.05, 0) is 19.1 Å². The van der Waals surface area contributed by atoms with Crippen LogP contribution in [0.1, 0.15) is 11.1 Å². The van der Waals surface area contributed by atoms with E-state index < -0.39 is 5.82 Å². The van der Waals surface area contributed by atoms with Crippen molar-refractivity contribution in [1.29, 1.82) is 5.26 Å². The maximum atomic E-state index is 13.4. The summed E-state index contributed by atoms with van der Waals surface area (Å²) in [5.74, 6) is -0.477. The van der Waals surface area contributed by atoms with Gasteiger partial charge in [0, 0.05) is 11.1 Å². The van der Waals surface area contributed by atoms with Crippen molar-refractivity contribution in [2.24, 2.45) is 0 Å². The molecule has 0 saturated heterocycles. The Labute approximate surface area is 104 Å². The van der Waals surface area contributed by atoms with Gasteiger partial charge in [-0.25, -0.2) is 4.39 Å². The Morgan fingerprint density at radius 1 is 1.18 bits per heavy atom. The van der Waals surface area contributed by atoms with E-state index in [1.165, 1.54) is 6.07 Å². The molecule has 0 aromatic heterocycles. The Morgan fingerprint density at radius 3 is 2.65 bits per heavy atom. The molecular formula is C14H9ClFN. The van der Waals surface area contributed by atoms with Crippen molar-refractivity contribution in [1.82, 2.24) is 0 Å². The van der Waals surface area contributed by atoms with Crippen LogP contribution in [-0.4, -0.2) is 0 Å². The predicted octanol–water partition coefficient (Wildman–Crippen LogP) is 4.33. The third kappa shape index (κ3) is 2.15. The largest absolute Gasteiger partial charge is 0.205 e. The maximum Gasteiger partial charge on any atom is 0.142 e. The van der Waals surface area contributed by atoms with Gasteiger partial charge < -0.3 is 0 Å². The smallest absolute Gasteiger partial charge is 0.142 e. The number of aryl methyl sites for hydroxylation is 1. The van der Waals surface area contributed by atoms with Gasteiger partial charge in [0.1, 0.15) is 5.82 Å². The van der Waals surface area contributed by atoms with Gasteiger partial charge in [-0.3, -0.25) is 0 Å². The highest BCUT2D eigenvalue weighted by Gasteiger charge is 2.11. The molecule has 0 aliphatic rings. The third-order valence-electron chi connectivity index (χ3n) is 2.54. The molecule has 3 heteroatoms. The maximum absolute atomic E-state index is 13.4. The van der Waals surface area contributed by atoms with Gasteiger partial charge in [0.2, 0.25) is 0 Å². The lowest BCUT2D eigenvalue weighted by Gasteiger charge is -2.08. The molecule has 17 heavy (non-hydrogen) atoms. The monoisotopic (exact) mass is 245 g/mol. The van der Waals surface area contributed by atoms with Crippen molar-refractivity contribution in [2.45, 2.75) is 6.92 Å². The number of nitriles is 1. The van der Waals surface area contributed by atoms with Crippen molar-refractivity contribution in [2.75, 3.05) is 0 Å². The molecule has 0 aliphatic heterocycles. The van der Waals surface area contributed by atoms with E-state index in [4.69, 9.17) is 16.9 Å². The zero-order valence-electron chi connectivity index (χ0n) is 9.17. The van der Waals surface area contributed by atoms with Gasteiger partial charge in [-0.2, -0.15) is 5.26 Å². The van der Waals surface area contributed by atoms with Crippen molar-refractivity contribution >= 4 is 11.6 Å². The lowest BCUT2D eigenvalue weighted by Crippen LogP contribution is -1.89. The Balaban J connectivity index is 2.72. The van der Waals surface area contributed by atoms with E-state index in [1.54, 1.807) is 18.2 Å². The zero-order valence-corrected chi connectivity index (χ0v) is 9.92. The highest BCUT2D eigenvalue weighted by Crippen LogP contribution is 2.32. The molecule has 0 saturated carbocycles. The molecule has 0 atom stereocenters. The second kappa shape index (κ2) is 4.57. The summed E-state index contributed by atoms with van der Waals surface area (Å²) in [6.07, 6.45) is 0. The SMILES string of the molecule is Cc1ccc(C#N)c(-c2cccc(F)c2Cl)c1. The fourth-order valence-electron chi connectivity index (χ4n) is 1.69. The van der Waals surface area contributed by atoms with Crippen LogP contribution in [0.5, 0.6) is 0 Å². The average molecular weight is 246 g/mol. The Hall–Kier alpha value is -1.85. The summed E-state index contributed by atoms with van der Waals surface area (Å²) in [4.78, 5) is 0. The summed E-state index contributed by atoms with van der Waals surface area (Å²) < 4.78 is 13.4. The molecule has 0 N–H and O–H groups in total. The second-order valence-corrected chi connectivity index (χ2v) is 4.14. The fourth-order valence-corrected chi connectivity index (χ4v) is 1.92. The molecule has 0 aliphatic carbocycles. The fraction of sp³-hybridized carbons (Fsp3) is 0.0714. The number of hydrogen-bond acceptors (Lipinski definition) is 1. The summed E-state index contributed by atoms with van der Waals surface area (Å²) >= 11 is 5.92. The van der Waals surface area contributed by atoms with Crippen LogP contribution >= 0.6 is 11.6 Å². The van der Waals surface area contributed by atoms with Crippen molar-refractivity contribution in [3.05, 3.63) is 58.4 Å². The molecule has 1 nitrogen and oxygen atoms in total. The van der Waals surface area contributed by atoms with Crippen molar-refractivity contribution < 1.29 is 4.39 Å². The molecule has 0 fully saturated rings. The first-order chi connectivity index (χ1) is 8.13. The Kier molecular flexibility index (Phi) is 3.12. The van der Waals surface area contributed by atoms with Crippen molar-refractivity contribution in [3.63, 3.8) is 0 Å². The highest BCUT2D eigenvalue weighted by molar-refractivity contribution is 6.33. The van der Waals surface area contributed by atoms with Crippen LogP contribution in [0.4, 0.5) is 4.39 Å². The number of benzene rings is 2. The first-order valence-corrected chi connectivity index (χ1v) is 5.46. The molecule has 0 radical (unpaired) electrons. The number of hydrogen-bond donors (Lipinski definition) is 0. The van der Waals surface area contributed by atoms with E-state index in [9.17, 15) is 4.39 Å². The summed E-state index contributed by atoms with van der Waals surface area (Å²) in [7, 11) is 0. The van der Waals surface area contributed by atoms with Gasteiger partial charge in [-0.15, -0.1) is 0 Å². The highest BCUT2D eigenvalue weighted by atomic mass is 35.5. The molecule has 0 heterocycles. The van der Waals surface area contributed by atoms with Gasteiger partial charge in [-0.1, -0.05) is 41.4 Å². The van der Waals surface area contributed by atoms with E-state index in [1.807, 2.05) is 19.1 Å². The Morgan fingerprint density at radius 2 is 1.94 bits per heavy atom. The molecule has 0 bridgehead atoms. The lowest BCUT2D eigenvalue weighted by atomic mass is 9.98. The van der Waals surface area contributed by atoms with Gasteiger partial charge in [0.15, 0.2) is 0 Å². The number of nitrogens with zero attached hydrogens (tertiary/aromatic N) is 1. The molecule has 2 rings (SSSR count). The second-order valence-electron chi connectivity index (χ2n) is 3.76. The molecule has 2 aromatic rings. The third-order valence-corrected chi connectivity index (χ3v) is 2.92. The van der Waals surface area contributed by atoms with Gasteiger partial charge in [0.05, 0.1) is 16.7 Å². The average Bonchev–Trinajstić information content (AvgIpc) is 2.33. The van der Waals surface area contributed by atoms with E-state index in [-0.39, 0.29) is 5.02 Å². The van der Waals surface area contributed by atoms with Gasteiger partial charge >= 0.3 is 0 Å². The van der Waals surface area contributed by atoms with E-state index >= 15 is 0 Å². The molecular weight excluding hydrogens is 237 g/mol. The summed E-state index contributed by atoms with van der Waals surface area (Å²) in [6, 6.07) is 12.1. The Bertz CT molecular complexity index is 614. The first kappa shape index (κ1) is 11.6. The molecule has 0 spiro atoms. The van der Waals surface area contributed by atoms with Crippen LogP contribution < -0.4 is 0 Å². The quantitative estimate of drug-likeness (QED) is 0.734. The van der Waals surface area contributed by atoms with E-state index in [0.717, 1.165) is 5.56 Å². The lowest BCUT2D eigenvalue weighted by molar-refractivity contribution is 0.629. The molecule has 0 unspecified atom stereocenters. The van der Waals surface area contributed by atoms with E-state index in [0.29, 0.717) is 16.7 Å².